The standard InChI is InChI=1S/C19H25N5O/c1-3-24-7-8-25-18(19(24)17-12-22-23(2)14-17)13-21-11-16-6-4-5-15(9-16)10-20/h4-6,9,12,14,18-19,21H,3,7-8,11,13H2,1-2H3/t18-,19-/m0/s1. The number of aryl methyl sites for hydroxylation is 1. The minimum Gasteiger partial charge on any atom is -0.374 e. The average Bonchev–Trinajstić information content (AvgIpc) is 3.07. The molecule has 1 saturated heterocycles. The van der Waals surface area contributed by atoms with Crippen molar-refractivity contribution in [1.29, 1.82) is 5.26 Å². The van der Waals surface area contributed by atoms with Crippen LogP contribution in [-0.2, 0) is 18.3 Å². The van der Waals surface area contributed by atoms with Crippen LogP contribution in [0.1, 0.15) is 29.7 Å². The molecule has 25 heavy (non-hydrogen) atoms. The van der Waals surface area contributed by atoms with Crippen LogP contribution < -0.4 is 5.32 Å². The van der Waals surface area contributed by atoms with Crippen molar-refractivity contribution in [3.63, 3.8) is 0 Å². The first-order valence-corrected chi connectivity index (χ1v) is 8.75. The maximum absolute atomic E-state index is 9.01. The monoisotopic (exact) mass is 339 g/mol. The number of aromatic nitrogens is 2. The molecule has 1 fully saturated rings. The van der Waals surface area contributed by atoms with E-state index in [1.165, 1.54) is 5.56 Å². The van der Waals surface area contributed by atoms with E-state index in [0.717, 1.165) is 38.3 Å². The molecule has 0 radical (unpaired) electrons. The van der Waals surface area contributed by atoms with Crippen LogP contribution in [0.3, 0.4) is 0 Å². The van der Waals surface area contributed by atoms with Crippen molar-refractivity contribution in [3.8, 4) is 6.07 Å². The number of nitrogens with one attached hydrogen (secondary N) is 1. The van der Waals surface area contributed by atoms with Gasteiger partial charge in [-0.25, -0.2) is 0 Å². The summed E-state index contributed by atoms with van der Waals surface area (Å²) in [5, 5.41) is 16.8. The summed E-state index contributed by atoms with van der Waals surface area (Å²) in [6.45, 7) is 6.35. The number of ether oxygens (including phenoxy) is 1. The predicted octanol–water partition coefficient (Wildman–Crippen LogP) is 1.84. The van der Waals surface area contributed by atoms with Crippen LogP contribution in [-0.4, -0.2) is 47.0 Å². The van der Waals surface area contributed by atoms with Crippen LogP contribution in [0.2, 0.25) is 0 Å². The molecule has 0 aliphatic carbocycles. The molecule has 132 valence electrons. The Balaban J connectivity index is 1.65. The number of rotatable bonds is 6. The van der Waals surface area contributed by atoms with Gasteiger partial charge in [-0.2, -0.15) is 10.4 Å². The molecule has 6 heteroatoms. The van der Waals surface area contributed by atoms with Gasteiger partial charge < -0.3 is 10.1 Å². The van der Waals surface area contributed by atoms with Gasteiger partial charge in [-0.1, -0.05) is 19.1 Å². The molecular formula is C19H25N5O. The zero-order valence-corrected chi connectivity index (χ0v) is 14.9. The summed E-state index contributed by atoms with van der Waals surface area (Å²) < 4.78 is 7.92. The number of hydrogen-bond acceptors (Lipinski definition) is 5. The van der Waals surface area contributed by atoms with Gasteiger partial charge in [0.05, 0.1) is 36.6 Å². The zero-order chi connectivity index (χ0) is 17.6. The van der Waals surface area contributed by atoms with Gasteiger partial charge in [0.15, 0.2) is 0 Å². The molecule has 1 aliphatic rings. The molecular weight excluding hydrogens is 314 g/mol. The molecule has 6 nitrogen and oxygen atoms in total. The number of morpholine rings is 1. The van der Waals surface area contributed by atoms with Crippen molar-refractivity contribution in [2.45, 2.75) is 25.6 Å². The lowest BCUT2D eigenvalue weighted by Crippen LogP contribution is -2.48. The smallest absolute Gasteiger partial charge is 0.0991 e. The molecule has 1 aromatic carbocycles. The number of hydrogen-bond donors (Lipinski definition) is 1. The summed E-state index contributed by atoms with van der Waals surface area (Å²) in [6.07, 6.45) is 4.09. The highest BCUT2D eigenvalue weighted by molar-refractivity contribution is 5.32. The molecule has 0 unspecified atom stereocenters. The second kappa shape index (κ2) is 8.26. The third-order valence-corrected chi connectivity index (χ3v) is 4.66. The molecule has 0 bridgehead atoms. The van der Waals surface area contributed by atoms with Crippen LogP contribution in [0.4, 0.5) is 0 Å². The minimum atomic E-state index is 0.0806. The summed E-state index contributed by atoms with van der Waals surface area (Å²) in [6, 6.07) is 10.1. The second-order valence-corrected chi connectivity index (χ2v) is 6.37. The van der Waals surface area contributed by atoms with Crippen LogP contribution in [0.25, 0.3) is 0 Å². The van der Waals surface area contributed by atoms with Gasteiger partial charge in [-0.3, -0.25) is 9.58 Å². The van der Waals surface area contributed by atoms with E-state index in [4.69, 9.17) is 10.00 Å². The molecule has 1 N–H and O–H groups in total. The zero-order valence-electron chi connectivity index (χ0n) is 14.9. The maximum atomic E-state index is 9.01. The summed E-state index contributed by atoms with van der Waals surface area (Å²) in [4.78, 5) is 2.45. The lowest BCUT2D eigenvalue weighted by atomic mass is 10.0. The summed E-state index contributed by atoms with van der Waals surface area (Å²) >= 11 is 0. The Morgan fingerprint density at radius 1 is 1.44 bits per heavy atom. The molecule has 1 aliphatic heterocycles. The van der Waals surface area contributed by atoms with E-state index in [1.807, 2.05) is 42.2 Å². The van der Waals surface area contributed by atoms with E-state index in [9.17, 15) is 0 Å². The van der Waals surface area contributed by atoms with Crippen LogP contribution in [0, 0.1) is 11.3 Å². The fourth-order valence-electron chi connectivity index (χ4n) is 3.44. The van der Waals surface area contributed by atoms with Crippen LogP contribution >= 0.6 is 0 Å². The van der Waals surface area contributed by atoms with Crippen LogP contribution in [0.5, 0.6) is 0 Å². The van der Waals surface area contributed by atoms with E-state index < -0.39 is 0 Å². The largest absolute Gasteiger partial charge is 0.374 e. The van der Waals surface area contributed by atoms with Crippen molar-refractivity contribution in [2.24, 2.45) is 7.05 Å². The Kier molecular flexibility index (Phi) is 5.82. The van der Waals surface area contributed by atoms with E-state index >= 15 is 0 Å². The summed E-state index contributed by atoms with van der Waals surface area (Å²) in [7, 11) is 1.94. The molecule has 3 rings (SSSR count). The summed E-state index contributed by atoms with van der Waals surface area (Å²) in [5.74, 6) is 0. The van der Waals surface area contributed by atoms with Gasteiger partial charge in [-0.05, 0) is 24.2 Å². The van der Waals surface area contributed by atoms with Gasteiger partial charge in [0.25, 0.3) is 0 Å². The summed E-state index contributed by atoms with van der Waals surface area (Å²) in [5.41, 5.74) is 3.00. The predicted molar refractivity (Wildman–Crippen MR) is 95.8 cm³/mol. The number of nitrogens with zero attached hydrogens (tertiary/aromatic N) is 4. The van der Waals surface area contributed by atoms with Crippen molar-refractivity contribution < 1.29 is 4.74 Å². The first-order chi connectivity index (χ1) is 12.2. The highest BCUT2D eigenvalue weighted by Crippen LogP contribution is 2.28. The molecule has 2 atom stereocenters. The normalized spacial score (nSPS) is 21.2. The second-order valence-electron chi connectivity index (χ2n) is 6.37. The van der Waals surface area contributed by atoms with E-state index in [-0.39, 0.29) is 12.1 Å². The molecule has 0 saturated carbocycles. The molecule has 0 amide bonds. The quantitative estimate of drug-likeness (QED) is 0.870. The molecule has 0 spiro atoms. The Bertz CT molecular complexity index is 735. The molecule has 2 heterocycles. The van der Waals surface area contributed by atoms with Crippen LogP contribution in [0.15, 0.2) is 36.7 Å². The van der Waals surface area contributed by atoms with E-state index in [2.05, 4.69) is 34.5 Å². The number of nitriles is 1. The highest BCUT2D eigenvalue weighted by atomic mass is 16.5. The first-order valence-electron chi connectivity index (χ1n) is 8.75. The third kappa shape index (κ3) is 4.26. The fraction of sp³-hybridized carbons (Fsp3) is 0.474. The van der Waals surface area contributed by atoms with E-state index in [1.54, 1.807) is 0 Å². The molecule has 1 aromatic heterocycles. The third-order valence-electron chi connectivity index (χ3n) is 4.66. The van der Waals surface area contributed by atoms with Gasteiger partial charge >= 0.3 is 0 Å². The highest BCUT2D eigenvalue weighted by Gasteiger charge is 2.33. The Morgan fingerprint density at radius 2 is 2.32 bits per heavy atom. The lowest BCUT2D eigenvalue weighted by Gasteiger charge is -2.40. The number of benzene rings is 1. The topological polar surface area (TPSA) is 66.1 Å². The maximum Gasteiger partial charge on any atom is 0.0991 e. The van der Waals surface area contributed by atoms with Crippen molar-refractivity contribution in [1.82, 2.24) is 20.0 Å². The number of likely N-dealkylation sites (N-methyl/N-ethyl adjacent to an activating group) is 1. The fourth-order valence-corrected chi connectivity index (χ4v) is 3.44. The van der Waals surface area contributed by atoms with Crippen molar-refractivity contribution in [3.05, 3.63) is 53.3 Å². The van der Waals surface area contributed by atoms with Gasteiger partial charge in [0, 0.05) is 38.4 Å². The Labute approximate surface area is 149 Å². The lowest BCUT2D eigenvalue weighted by molar-refractivity contribution is -0.0694. The Hall–Kier alpha value is -2.20. The Morgan fingerprint density at radius 3 is 3.04 bits per heavy atom. The van der Waals surface area contributed by atoms with Crippen molar-refractivity contribution in [2.75, 3.05) is 26.2 Å². The average molecular weight is 339 g/mol. The first kappa shape index (κ1) is 17.6. The van der Waals surface area contributed by atoms with E-state index in [0.29, 0.717) is 5.56 Å². The van der Waals surface area contributed by atoms with Gasteiger partial charge in [0.2, 0.25) is 0 Å². The van der Waals surface area contributed by atoms with Gasteiger partial charge in [-0.15, -0.1) is 0 Å². The van der Waals surface area contributed by atoms with Crippen molar-refractivity contribution >= 4 is 0 Å². The van der Waals surface area contributed by atoms with Gasteiger partial charge in [0.1, 0.15) is 0 Å². The minimum absolute atomic E-state index is 0.0806. The SMILES string of the molecule is CCN1CCO[C@@H](CNCc2cccc(C#N)c2)[C@@H]1c1cnn(C)c1. The molecule has 2 aromatic rings.